The van der Waals surface area contributed by atoms with E-state index in [0.29, 0.717) is 5.82 Å². The molecule has 0 aliphatic heterocycles. The summed E-state index contributed by atoms with van der Waals surface area (Å²) in [6.45, 7) is 5.67. The average Bonchev–Trinajstić information content (AvgIpc) is 2.64. The van der Waals surface area contributed by atoms with Crippen molar-refractivity contribution in [2.75, 3.05) is 0 Å². The highest BCUT2D eigenvalue weighted by molar-refractivity contribution is 5.83. The second-order valence-electron chi connectivity index (χ2n) is 3.99. The number of carbonyl (C=O) groups is 1. The molecule has 2 rings (SSSR count). The lowest BCUT2D eigenvalue weighted by atomic mass is 10.1. The summed E-state index contributed by atoms with van der Waals surface area (Å²) in [7, 11) is 0. The van der Waals surface area contributed by atoms with Gasteiger partial charge in [0.2, 0.25) is 0 Å². The Hall–Kier alpha value is -2.17. The molecule has 5 heteroatoms. The highest BCUT2D eigenvalue weighted by Crippen LogP contribution is 2.16. The molecule has 1 aromatic carbocycles. The SMILES string of the molecule is Cc1ccc(C)c(-n2nc(C(=O)O)nc2C)c1. The Morgan fingerprint density at radius 1 is 1.29 bits per heavy atom. The maximum absolute atomic E-state index is 10.8. The lowest BCUT2D eigenvalue weighted by molar-refractivity contribution is 0.0683. The van der Waals surface area contributed by atoms with Gasteiger partial charge in [-0.25, -0.2) is 14.5 Å². The van der Waals surface area contributed by atoms with E-state index < -0.39 is 5.97 Å². The molecule has 0 radical (unpaired) electrons. The number of carboxylic acids is 1. The lowest BCUT2D eigenvalue weighted by Gasteiger charge is -2.07. The molecule has 5 nitrogen and oxygen atoms in total. The number of hydrogen-bond donors (Lipinski definition) is 1. The molecule has 0 saturated carbocycles. The smallest absolute Gasteiger partial charge is 0.375 e. The Kier molecular flexibility index (Phi) is 2.67. The molecule has 17 heavy (non-hydrogen) atoms. The number of aromatic carboxylic acids is 1. The summed E-state index contributed by atoms with van der Waals surface area (Å²) in [5.41, 5.74) is 2.99. The zero-order chi connectivity index (χ0) is 12.6. The molecule has 1 aromatic heterocycles. The van der Waals surface area contributed by atoms with Gasteiger partial charge in [0.25, 0.3) is 5.82 Å². The zero-order valence-corrected chi connectivity index (χ0v) is 9.93. The third-order valence-corrected chi connectivity index (χ3v) is 2.55. The van der Waals surface area contributed by atoms with Gasteiger partial charge in [-0.2, -0.15) is 0 Å². The number of nitrogens with zero attached hydrogens (tertiary/aromatic N) is 3. The van der Waals surface area contributed by atoms with Gasteiger partial charge in [-0.15, -0.1) is 5.10 Å². The Morgan fingerprint density at radius 3 is 2.59 bits per heavy atom. The third kappa shape index (κ3) is 2.04. The first-order valence-corrected chi connectivity index (χ1v) is 5.23. The number of benzene rings is 1. The van der Waals surface area contributed by atoms with E-state index >= 15 is 0 Å². The molecule has 1 heterocycles. The Labute approximate surface area is 98.7 Å². The van der Waals surface area contributed by atoms with Crippen molar-refractivity contribution < 1.29 is 9.90 Å². The van der Waals surface area contributed by atoms with E-state index in [-0.39, 0.29) is 5.82 Å². The van der Waals surface area contributed by atoms with Crippen LogP contribution in [0.3, 0.4) is 0 Å². The molecular formula is C12H13N3O2. The summed E-state index contributed by atoms with van der Waals surface area (Å²) >= 11 is 0. The van der Waals surface area contributed by atoms with E-state index in [4.69, 9.17) is 5.11 Å². The fourth-order valence-corrected chi connectivity index (χ4v) is 1.66. The van der Waals surface area contributed by atoms with Gasteiger partial charge in [0, 0.05) is 0 Å². The molecule has 0 spiro atoms. The molecule has 0 unspecified atom stereocenters. The second-order valence-corrected chi connectivity index (χ2v) is 3.99. The van der Waals surface area contributed by atoms with Crippen LogP contribution in [0.15, 0.2) is 18.2 Å². The minimum Gasteiger partial charge on any atom is -0.475 e. The van der Waals surface area contributed by atoms with Crippen LogP contribution >= 0.6 is 0 Å². The van der Waals surface area contributed by atoms with Gasteiger partial charge in [-0.05, 0) is 38.0 Å². The van der Waals surface area contributed by atoms with Crippen molar-refractivity contribution in [3.63, 3.8) is 0 Å². The van der Waals surface area contributed by atoms with Crippen LogP contribution in [0.1, 0.15) is 27.6 Å². The van der Waals surface area contributed by atoms with Crippen molar-refractivity contribution in [2.24, 2.45) is 0 Å². The molecule has 0 bridgehead atoms. The Balaban J connectivity index is 2.60. The molecule has 0 atom stereocenters. The van der Waals surface area contributed by atoms with E-state index in [0.717, 1.165) is 16.8 Å². The first-order chi connectivity index (χ1) is 7.99. The van der Waals surface area contributed by atoms with Crippen LogP contribution in [0.25, 0.3) is 5.69 Å². The molecule has 0 amide bonds. The number of aryl methyl sites for hydroxylation is 3. The Morgan fingerprint density at radius 2 is 2.00 bits per heavy atom. The largest absolute Gasteiger partial charge is 0.475 e. The number of aromatic nitrogens is 3. The van der Waals surface area contributed by atoms with Crippen molar-refractivity contribution >= 4 is 5.97 Å². The van der Waals surface area contributed by atoms with Crippen LogP contribution in [-0.2, 0) is 0 Å². The minimum atomic E-state index is -1.11. The second kappa shape index (κ2) is 4.01. The van der Waals surface area contributed by atoms with Gasteiger partial charge in [0.15, 0.2) is 0 Å². The van der Waals surface area contributed by atoms with E-state index in [1.54, 1.807) is 11.6 Å². The molecule has 88 valence electrons. The Bertz CT molecular complexity index is 587. The first-order valence-electron chi connectivity index (χ1n) is 5.23. The number of carboxylic acid groups (broad SMARTS) is 1. The normalized spacial score (nSPS) is 10.5. The molecular weight excluding hydrogens is 218 g/mol. The summed E-state index contributed by atoms with van der Waals surface area (Å²) in [5, 5.41) is 12.8. The monoisotopic (exact) mass is 231 g/mol. The van der Waals surface area contributed by atoms with Gasteiger partial charge in [-0.3, -0.25) is 0 Å². The van der Waals surface area contributed by atoms with E-state index in [2.05, 4.69) is 10.1 Å². The fraction of sp³-hybridized carbons (Fsp3) is 0.250. The molecule has 2 aromatic rings. The summed E-state index contributed by atoms with van der Waals surface area (Å²) < 4.78 is 1.56. The quantitative estimate of drug-likeness (QED) is 0.857. The third-order valence-electron chi connectivity index (χ3n) is 2.55. The molecule has 0 aliphatic carbocycles. The van der Waals surface area contributed by atoms with Crippen molar-refractivity contribution in [1.82, 2.24) is 14.8 Å². The minimum absolute atomic E-state index is 0.177. The summed E-state index contributed by atoms with van der Waals surface area (Å²) in [6, 6.07) is 5.94. The highest BCUT2D eigenvalue weighted by Gasteiger charge is 2.14. The summed E-state index contributed by atoms with van der Waals surface area (Å²) in [5.74, 6) is -0.725. The fourth-order valence-electron chi connectivity index (χ4n) is 1.66. The first kappa shape index (κ1) is 11.3. The van der Waals surface area contributed by atoms with Crippen LogP contribution in [-0.4, -0.2) is 25.8 Å². The van der Waals surface area contributed by atoms with E-state index in [9.17, 15) is 4.79 Å². The van der Waals surface area contributed by atoms with Gasteiger partial charge >= 0.3 is 5.97 Å². The highest BCUT2D eigenvalue weighted by atomic mass is 16.4. The van der Waals surface area contributed by atoms with Crippen molar-refractivity contribution in [2.45, 2.75) is 20.8 Å². The predicted octanol–water partition coefficient (Wildman–Crippen LogP) is 1.89. The molecule has 1 N–H and O–H groups in total. The van der Waals surface area contributed by atoms with Gasteiger partial charge < -0.3 is 5.11 Å². The maximum atomic E-state index is 10.8. The van der Waals surface area contributed by atoms with Gasteiger partial charge in [0.1, 0.15) is 5.82 Å². The number of hydrogen-bond acceptors (Lipinski definition) is 3. The predicted molar refractivity (Wildman–Crippen MR) is 62.5 cm³/mol. The topological polar surface area (TPSA) is 68.0 Å². The van der Waals surface area contributed by atoms with Crippen LogP contribution in [0, 0.1) is 20.8 Å². The summed E-state index contributed by atoms with van der Waals surface area (Å²) in [4.78, 5) is 14.7. The lowest BCUT2D eigenvalue weighted by Crippen LogP contribution is -2.04. The molecule has 0 saturated heterocycles. The standard InChI is InChI=1S/C12H13N3O2/c1-7-4-5-8(2)10(6-7)15-9(3)13-11(14-15)12(16)17/h4-6H,1-3H3,(H,16,17). The van der Waals surface area contributed by atoms with E-state index in [1.807, 2.05) is 32.0 Å². The van der Waals surface area contributed by atoms with Crippen molar-refractivity contribution in [3.05, 3.63) is 41.0 Å². The van der Waals surface area contributed by atoms with Crippen LogP contribution in [0.2, 0.25) is 0 Å². The number of rotatable bonds is 2. The van der Waals surface area contributed by atoms with Crippen LogP contribution in [0.5, 0.6) is 0 Å². The van der Waals surface area contributed by atoms with E-state index in [1.165, 1.54) is 0 Å². The van der Waals surface area contributed by atoms with Crippen LogP contribution < -0.4 is 0 Å². The van der Waals surface area contributed by atoms with Crippen molar-refractivity contribution in [3.8, 4) is 5.69 Å². The van der Waals surface area contributed by atoms with Crippen LogP contribution in [0.4, 0.5) is 0 Å². The summed E-state index contributed by atoms with van der Waals surface area (Å²) in [6.07, 6.45) is 0. The van der Waals surface area contributed by atoms with Gasteiger partial charge in [-0.1, -0.05) is 12.1 Å². The maximum Gasteiger partial charge on any atom is 0.375 e. The van der Waals surface area contributed by atoms with Crippen molar-refractivity contribution in [1.29, 1.82) is 0 Å². The zero-order valence-electron chi connectivity index (χ0n) is 9.93. The van der Waals surface area contributed by atoms with Gasteiger partial charge in [0.05, 0.1) is 5.69 Å². The average molecular weight is 231 g/mol. The molecule has 0 fully saturated rings. The molecule has 0 aliphatic rings.